The molecule has 2 heterocycles. The molecule has 1 amide bonds. The number of aryl methyl sites for hydroxylation is 1. The summed E-state index contributed by atoms with van der Waals surface area (Å²) in [5.41, 5.74) is 6.62. The van der Waals surface area contributed by atoms with Gasteiger partial charge in [-0.25, -0.2) is 4.98 Å². The molecule has 0 bridgehead atoms. The van der Waals surface area contributed by atoms with Crippen LogP contribution in [0.3, 0.4) is 0 Å². The second kappa shape index (κ2) is 7.75. The molecule has 156 valence electrons. The summed E-state index contributed by atoms with van der Waals surface area (Å²) in [7, 11) is 1.64. The zero-order chi connectivity index (χ0) is 21.5. The molecule has 0 fully saturated rings. The first kappa shape index (κ1) is 19.6. The van der Waals surface area contributed by atoms with Gasteiger partial charge in [-0.1, -0.05) is 29.8 Å². The van der Waals surface area contributed by atoms with Gasteiger partial charge in [0.1, 0.15) is 5.75 Å². The smallest absolute Gasteiger partial charge is 0.258 e. The van der Waals surface area contributed by atoms with Gasteiger partial charge in [-0.2, -0.15) is 0 Å². The van der Waals surface area contributed by atoms with Crippen molar-refractivity contribution in [1.29, 1.82) is 0 Å². The van der Waals surface area contributed by atoms with Gasteiger partial charge < -0.3 is 14.2 Å². The number of ether oxygens (including phenoxy) is 1. The Morgan fingerprint density at radius 3 is 2.77 bits per heavy atom. The van der Waals surface area contributed by atoms with Crippen molar-refractivity contribution in [1.82, 2.24) is 9.55 Å². The number of halogens is 1. The van der Waals surface area contributed by atoms with E-state index in [1.165, 1.54) is 5.57 Å². The number of methoxy groups -OCH3 is 1. The molecule has 5 rings (SSSR count). The van der Waals surface area contributed by atoms with E-state index in [4.69, 9.17) is 16.3 Å². The van der Waals surface area contributed by atoms with Gasteiger partial charge in [-0.05, 0) is 60.7 Å². The maximum Gasteiger partial charge on any atom is 0.258 e. The summed E-state index contributed by atoms with van der Waals surface area (Å²) in [6.07, 6.45) is 9.56. The molecule has 0 atom stereocenters. The molecule has 5 nitrogen and oxygen atoms in total. The van der Waals surface area contributed by atoms with Crippen molar-refractivity contribution in [3.8, 4) is 11.4 Å². The predicted molar refractivity (Wildman–Crippen MR) is 123 cm³/mol. The van der Waals surface area contributed by atoms with E-state index in [1.54, 1.807) is 18.3 Å². The van der Waals surface area contributed by atoms with E-state index in [2.05, 4.69) is 17.1 Å². The topological polar surface area (TPSA) is 47.4 Å². The third-order valence-electron chi connectivity index (χ3n) is 5.81. The van der Waals surface area contributed by atoms with Gasteiger partial charge in [0.05, 0.1) is 31.4 Å². The Morgan fingerprint density at radius 1 is 1.16 bits per heavy atom. The molecule has 0 saturated carbocycles. The summed E-state index contributed by atoms with van der Waals surface area (Å²) in [4.78, 5) is 19.3. The van der Waals surface area contributed by atoms with E-state index in [1.807, 2.05) is 54.1 Å². The number of rotatable bonds is 4. The van der Waals surface area contributed by atoms with Crippen molar-refractivity contribution < 1.29 is 9.53 Å². The number of benzene rings is 2. The fourth-order valence-corrected chi connectivity index (χ4v) is 4.44. The Kier molecular flexibility index (Phi) is 4.91. The summed E-state index contributed by atoms with van der Waals surface area (Å²) < 4.78 is 7.54. The highest BCUT2D eigenvalue weighted by Gasteiger charge is 2.29. The molecule has 1 aromatic heterocycles. The highest BCUT2D eigenvalue weighted by Crippen LogP contribution is 2.36. The van der Waals surface area contributed by atoms with Gasteiger partial charge in [0.15, 0.2) is 0 Å². The number of anilines is 1. The van der Waals surface area contributed by atoms with E-state index in [9.17, 15) is 4.79 Å². The van der Waals surface area contributed by atoms with E-state index < -0.39 is 0 Å². The minimum Gasteiger partial charge on any atom is -0.494 e. The average Bonchev–Trinajstić information content (AvgIpc) is 3.36. The molecule has 0 N–H and O–H groups in total. The minimum absolute atomic E-state index is 0.00294. The van der Waals surface area contributed by atoms with Crippen LogP contribution in [-0.4, -0.2) is 22.6 Å². The van der Waals surface area contributed by atoms with Crippen LogP contribution in [0.1, 0.15) is 40.0 Å². The standard InChI is InChI=1S/C25H22ClN3O2/c1-16-13-28(15-27-16)23-9-8-21(12-24(23)31-2)29-14-19-7-6-18(11-22(19)25(29)30)17-4-3-5-20(26)10-17/h5-13,15H,3-4,14H2,1-2H3. The van der Waals surface area contributed by atoms with Crippen molar-refractivity contribution in [3.05, 3.63) is 88.5 Å². The fourth-order valence-electron chi connectivity index (χ4n) is 4.20. The summed E-state index contributed by atoms with van der Waals surface area (Å²) in [5.74, 6) is 0.691. The van der Waals surface area contributed by atoms with E-state index in [0.29, 0.717) is 12.3 Å². The minimum atomic E-state index is 0.00294. The normalized spacial score (nSPS) is 15.6. The van der Waals surface area contributed by atoms with Gasteiger partial charge in [-0.3, -0.25) is 4.79 Å². The number of hydrogen-bond acceptors (Lipinski definition) is 3. The Labute approximate surface area is 186 Å². The summed E-state index contributed by atoms with van der Waals surface area (Å²) in [6.45, 7) is 2.49. The zero-order valence-corrected chi connectivity index (χ0v) is 18.2. The number of allylic oxidation sites excluding steroid dienone is 4. The first-order chi connectivity index (χ1) is 15.0. The Morgan fingerprint density at radius 2 is 2.03 bits per heavy atom. The third kappa shape index (κ3) is 3.55. The molecular weight excluding hydrogens is 410 g/mol. The van der Waals surface area contributed by atoms with Gasteiger partial charge in [0.2, 0.25) is 0 Å². The second-order valence-corrected chi connectivity index (χ2v) is 8.28. The molecule has 0 radical (unpaired) electrons. The first-order valence-corrected chi connectivity index (χ1v) is 10.6. The highest BCUT2D eigenvalue weighted by atomic mass is 35.5. The maximum atomic E-state index is 13.3. The van der Waals surface area contributed by atoms with Crippen LogP contribution in [0, 0.1) is 6.92 Å². The third-order valence-corrected chi connectivity index (χ3v) is 6.08. The molecule has 3 aromatic rings. The SMILES string of the molecule is COc1cc(N2Cc3ccc(C4=CC(Cl)=CCC4)cc3C2=O)ccc1-n1cnc(C)c1. The monoisotopic (exact) mass is 431 g/mol. The van der Waals surface area contributed by atoms with E-state index >= 15 is 0 Å². The van der Waals surface area contributed by atoms with E-state index in [0.717, 1.165) is 51.6 Å². The molecule has 1 aliphatic heterocycles. The van der Waals surface area contributed by atoms with Gasteiger partial charge >= 0.3 is 0 Å². The summed E-state index contributed by atoms with van der Waals surface area (Å²) in [6, 6.07) is 11.9. The number of hydrogen-bond donors (Lipinski definition) is 0. The lowest BCUT2D eigenvalue weighted by atomic mass is 9.94. The molecule has 0 spiro atoms. The predicted octanol–water partition coefficient (Wildman–Crippen LogP) is 5.65. The van der Waals surface area contributed by atoms with Crippen LogP contribution in [0.4, 0.5) is 5.69 Å². The number of imidazole rings is 1. The van der Waals surface area contributed by atoms with Crippen LogP contribution >= 0.6 is 11.6 Å². The lowest BCUT2D eigenvalue weighted by Gasteiger charge is -2.18. The van der Waals surface area contributed by atoms with Crippen molar-refractivity contribution in [2.75, 3.05) is 12.0 Å². The molecule has 2 aromatic carbocycles. The molecule has 1 aliphatic carbocycles. The first-order valence-electron chi connectivity index (χ1n) is 10.2. The van der Waals surface area contributed by atoms with Crippen LogP contribution in [0.25, 0.3) is 11.3 Å². The van der Waals surface area contributed by atoms with Crippen molar-refractivity contribution in [2.45, 2.75) is 26.3 Å². The summed E-state index contributed by atoms with van der Waals surface area (Å²) >= 11 is 6.19. The molecular formula is C25H22ClN3O2. The quantitative estimate of drug-likeness (QED) is 0.536. The second-order valence-electron chi connectivity index (χ2n) is 7.84. The van der Waals surface area contributed by atoms with Crippen LogP contribution < -0.4 is 9.64 Å². The number of carbonyl (C=O) groups is 1. The molecule has 0 saturated heterocycles. The van der Waals surface area contributed by atoms with Crippen LogP contribution in [-0.2, 0) is 6.54 Å². The fraction of sp³-hybridized carbons (Fsp3) is 0.200. The lowest BCUT2D eigenvalue weighted by Crippen LogP contribution is -2.23. The molecule has 6 heteroatoms. The lowest BCUT2D eigenvalue weighted by molar-refractivity contribution is 0.0996. The Balaban J connectivity index is 1.46. The molecule has 2 aliphatic rings. The van der Waals surface area contributed by atoms with Crippen molar-refractivity contribution in [3.63, 3.8) is 0 Å². The van der Waals surface area contributed by atoms with Gasteiger partial charge in [-0.15, -0.1) is 0 Å². The van der Waals surface area contributed by atoms with E-state index in [-0.39, 0.29) is 5.91 Å². The van der Waals surface area contributed by atoms with Crippen LogP contribution in [0.2, 0.25) is 0 Å². The number of aromatic nitrogens is 2. The van der Waals surface area contributed by atoms with Crippen LogP contribution in [0.5, 0.6) is 5.75 Å². The average molecular weight is 432 g/mol. The number of nitrogens with zero attached hydrogens (tertiary/aromatic N) is 3. The van der Waals surface area contributed by atoms with Crippen molar-refractivity contribution in [2.24, 2.45) is 0 Å². The Hall–Kier alpha value is -3.31. The molecule has 31 heavy (non-hydrogen) atoms. The van der Waals surface area contributed by atoms with Crippen LogP contribution in [0.15, 0.2) is 66.1 Å². The highest BCUT2D eigenvalue weighted by molar-refractivity contribution is 6.31. The molecule has 0 unspecified atom stereocenters. The maximum absolute atomic E-state index is 13.3. The number of fused-ring (bicyclic) bond motifs is 1. The number of amides is 1. The Bertz CT molecular complexity index is 1260. The zero-order valence-electron chi connectivity index (χ0n) is 17.4. The largest absolute Gasteiger partial charge is 0.494 e. The summed E-state index contributed by atoms with van der Waals surface area (Å²) in [5, 5.41) is 0.759. The number of carbonyl (C=O) groups excluding carboxylic acids is 1. The van der Waals surface area contributed by atoms with Gasteiger partial charge in [0, 0.05) is 28.5 Å². The van der Waals surface area contributed by atoms with Crippen molar-refractivity contribution >= 4 is 28.8 Å². The van der Waals surface area contributed by atoms with Gasteiger partial charge in [0.25, 0.3) is 5.91 Å².